The van der Waals surface area contributed by atoms with Crippen LogP contribution in [0.15, 0.2) is 22.8 Å². The van der Waals surface area contributed by atoms with Gasteiger partial charge < -0.3 is 0 Å². The van der Waals surface area contributed by atoms with Crippen LogP contribution in [-0.2, 0) is 0 Å². The molecular weight excluding hydrogens is 329 g/mol. The molecule has 4 rings (SSSR count). The number of aromatic nitrogens is 1. The van der Waals surface area contributed by atoms with Crippen molar-refractivity contribution >= 4 is 46.8 Å². The van der Waals surface area contributed by atoms with Crippen molar-refractivity contribution < 1.29 is 0 Å². The number of nitrogens with one attached hydrogen (secondary N) is 1. The fourth-order valence-corrected chi connectivity index (χ4v) is 3.78. The standard InChI is InChI=1S/C15H16Cl3N3/c1-15(2)9-4-3-8(10(15)5-9)7-19-21-14-12(17)6-11(16)13(18)20-14/h3,6-7,9-10H,4-5H2,1-2H3,(H,20,21)/b19-7-/t9-,10-/m1/s1. The van der Waals surface area contributed by atoms with Gasteiger partial charge in [-0.15, -0.1) is 0 Å². The molecule has 0 unspecified atom stereocenters. The highest BCUT2D eigenvalue weighted by Crippen LogP contribution is 2.58. The van der Waals surface area contributed by atoms with Crippen LogP contribution >= 0.6 is 34.8 Å². The molecule has 21 heavy (non-hydrogen) atoms. The Bertz CT molecular complexity index is 637. The molecule has 1 heterocycles. The smallest absolute Gasteiger partial charge is 0.166 e. The first-order chi connectivity index (χ1) is 9.89. The molecule has 2 bridgehead atoms. The molecule has 1 aromatic heterocycles. The summed E-state index contributed by atoms with van der Waals surface area (Å²) in [5, 5.41) is 5.17. The number of hydrazone groups is 1. The molecule has 3 aliphatic carbocycles. The Kier molecular flexibility index (Phi) is 3.93. The molecule has 3 aliphatic rings. The first kappa shape index (κ1) is 15.1. The third kappa shape index (κ3) is 2.67. The molecule has 1 saturated carbocycles. The maximum absolute atomic E-state index is 6.05. The molecule has 1 fully saturated rings. The van der Waals surface area contributed by atoms with Gasteiger partial charge in [0.2, 0.25) is 0 Å². The summed E-state index contributed by atoms with van der Waals surface area (Å²) in [5.74, 6) is 1.82. The molecule has 1 aromatic rings. The lowest BCUT2D eigenvalue weighted by Gasteiger charge is -2.55. The molecule has 0 radical (unpaired) electrons. The Hall–Kier alpha value is -0.770. The molecule has 6 heteroatoms. The average molecular weight is 345 g/mol. The van der Waals surface area contributed by atoms with Crippen molar-refractivity contribution in [2.45, 2.75) is 26.7 Å². The van der Waals surface area contributed by atoms with Crippen molar-refractivity contribution in [3.05, 3.63) is 32.9 Å². The van der Waals surface area contributed by atoms with Gasteiger partial charge in [-0.2, -0.15) is 5.10 Å². The number of anilines is 1. The molecule has 0 spiro atoms. The second-order valence-corrected chi connectivity index (χ2v) is 7.38. The van der Waals surface area contributed by atoms with E-state index in [1.54, 1.807) is 6.07 Å². The van der Waals surface area contributed by atoms with Gasteiger partial charge in [0, 0.05) is 0 Å². The SMILES string of the molecule is CC1(C)[C@@H]2CC=C(/C=N\Nc3nc(Cl)c(Cl)cc3Cl)[C@H]1C2. The predicted octanol–water partition coefficient (Wildman–Crippen LogP) is 5.43. The lowest BCUT2D eigenvalue weighted by molar-refractivity contribution is -0.00124. The van der Waals surface area contributed by atoms with Gasteiger partial charge in [0.15, 0.2) is 5.82 Å². The van der Waals surface area contributed by atoms with E-state index in [1.165, 1.54) is 12.0 Å². The fourth-order valence-electron chi connectivity index (χ4n) is 3.24. The van der Waals surface area contributed by atoms with E-state index >= 15 is 0 Å². The van der Waals surface area contributed by atoms with Crippen LogP contribution in [0.25, 0.3) is 0 Å². The second-order valence-electron chi connectivity index (χ2n) is 6.21. The maximum atomic E-state index is 6.05. The Morgan fingerprint density at radius 3 is 2.76 bits per heavy atom. The molecule has 1 N–H and O–H groups in total. The molecule has 2 atom stereocenters. The zero-order valence-corrected chi connectivity index (χ0v) is 14.1. The van der Waals surface area contributed by atoms with Gasteiger partial charge in [0.25, 0.3) is 0 Å². The highest BCUT2D eigenvalue weighted by Gasteiger charge is 2.50. The lowest BCUT2D eigenvalue weighted by Crippen LogP contribution is -2.48. The van der Waals surface area contributed by atoms with Gasteiger partial charge in [-0.1, -0.05) is 54.7 Å². The summed E-state index contributed by atoms with van der Waals surface area (Å²) in [5.41, 5.74) is 4.50. The number of hydrogen-bond donors (Lipinski definition) is 1. The first-order valence-electron chi connectivity index (χ1n) is 6.90. The molecule has 0 amide bonds. The summed E-state index contributed by atoms with van der Waals surface area (Å²) in [6.07, 6.45) is 6.54. The van der Waals surface area contributed by atoms with Crippen molar-refractivity contribution in [2.24, 2.45) is 22.4 Å². The van der Waals surface area contributed by atoms with Crippen LogP contribution in [0.3, 0.4) is 0 Å². The third-order valence-electron chi connectivity index (χ3n) is 4.78. The third-order valence-corrected chi connectivity index (χ3v) is 5.74. The molecule has 0 aliphatic heterocycles. The Labute approximate surface area is 139 Å². The van der Waals surface area contributed by atoms with Crippen LogP contribution in [-0.4, -0.2) is 11.2 Å². The minimum Gasteiger partial charge on any atom is -0.260 e. The first-order valence-corrected chi connectivity index (χ1v) is 8.03. The van der Waals surface area contributed by atoms with E-state index in [4.69, 9.17) is 34.8 Å². The molecule has 112 valence electrons. The van der Waals surface area contributed by atoms with Crippen LogP contribution in [0.5, 0.6) is 0 Å². The van der Waals surface area contributed by atoms with Gasteiger partial charge in [-0.3, -0.25) is 5.43 Å². The minimum absolute atomic E-state index is 0.207. The number of fused-ring (bicyclic) bond motifs is 1. The topological polar surface area (TPSA) is 37.3 Å². The van der Waals surface area contributed by atoms with E-state index < -0.39 is 0 Å². The van der Waals surface area contributed by atoms with E-state index in [-0.39, 0.29) is 5.15 Å². The maximum Gasteiger partial charge on any atom is 0.166 e. The number of halogens is 3. The zero-order chi connectivity index (χ0) is 15.2. The van der Waals surface area contributed by atoms with Crippen LogP contribution in [0.1, 0.15) is 26.7 Å². The zero-order valence-electron chi connectivity index (χ0n) is 11.8. The van der Waals surface area contributed by atoms with Crippen LogP contribution in [0.4, 0.5) is 5.82 Å². The fraction of sp³-hybridized carbons (Fsp3) is 0.467. The van der Waals surface area contributed by atoms with Crippen molar-refractivity contribution in [1.82, 2.24) is 4.98 Å². The van der Waals surface area contributed by atoms with Gasteiger partial charge in [0.1, 0.15) is 5.15 Å². The van der Waals surface area contributed by atoms with E-state index in [2.05, 4.69) is 35.4 Å². The van der Waals surface area contributed by atoms with E-state index in [0.29, 0.717) is 27.2 Å². The average Bonchev–Trinajstić information content (AvgIpc) is 2.44. The number of pyridine rings is 1. The number of hydrogen-bond acceptors (Lipinski definition) is 3. The molecule has 0 aromatic carbocycles. The largest absolute Gasteiger partial charge is 0.260 e. The monoisotopic (exact) mass is 343 g/mol. The van der Waals surface area contributed by atoms with Gasteiger partial charge in [-0.25, -0.2) is 4.98 Å². The van der Waals surface area contributed by atoms with Gasteiger partial charge in [-0.05, 0) is 41.7 Å². The number of rotatable bonds is 3. The van der Waals surface area contributed by atoms with Crippen molar-refractivity contribution in [1.29, 1.82) is 0 Å². The molecule has 0 saturated heterocycles. The van der Waals surface area contributed by atoms with Crippen molar-refractivity contribution in [3.63, 3.8) is 0 Å². The molecular formula is C15H16Cl3N3. The second kappa shape index (κ2) is 5.45. The Morgan fingerprint density at radius 1 is 1.33 bits per heavy atom. The summed E-state index contributed by atoms with van der Waals surface area (Å²) in [4.78, 5) is 4.07. The quantitative estimate of drug-likeness (QED) is 0.451. The summed E-state index contributed by atoms with van der Waals surface area (Å²) in [6, 6.07) is 1.55. The highest BCUT2D eigenvalue weighted by atomic mass is 35.5. The summed E-state index contributed by atoms with van der Waals surface area (Å²) >= 11 is 17.8. The van der Waals surface area contributed by atoms with Crippen LogP contribution in [0.2, 0.25) is 15.2 Å². The van der Waals surface area contributed by atoms with Gasteiger partial charge in [0.05, 0.1) is 16.3 Å². The summed E-state index contributed by atoms with van der Waals surface area (Å²) < 4.78 is 0. The Balaban J connectivity index is 1.71. The minimum atomic E-state index is 0.207. The lowest BCUT2D eigenvalue weighted by atomic mass is 9.49. The van der Waals surface area contributed by atoms with Crippen LogP contribution < -0.4 is 5.43 Å². The molecule has 3 nitrogen and oxygen atoms in total. The highest BCUT2D eigenvalue weighted by molar-refractivity contribution is 6.42. The number of nitrogens with zero attached hydrogens (tertiary/aromatic N) is 2. The summed E-state index contributed by atoms with van der Waals surface area (Å²) in [6.45, 7) is 4.66. The summed E-state index contributed by atoms with van der Waals surface area (Å²) in [7, 11) is 0. The van der Waals surface area contributed by atoms with E-state index in [0.717, 1.165) is 12.3 Å². The number of allylic oxidation sites excluding steroid dienone is 2. The van der Waals surface area contributed by atoms with Crippen molar-refractivity contribution in [3.8, 4) is 0 Å². The van der Waals surface area contributed by atoms with Crippen molar-refractivity contribution in [2.75, 3.05) is 5.43 Å². The predicted molar refractivity (Wildman–Crippen MR) is 89.5 cm³/mol. The normalized spacial score (nSPS) is 26.4. The van der Waals surface area contributed by atoms with Gasteiger partial charge >= 0.3 is 0 Å². The van der Waals surface area contributed by atoms with Crippen LogP contribution in [0, 0.1) is 17.3 Å². The van der Waals surface area contributed by atoms with E-state index in [9.17, 15) is 0 Å². The Morgan fingerprint density at radius 2 is 2.10 bits per heavy atom. The van der Waals surface area contributed by atoms with E-state index in [1.807, 2.05) is 6.21 Å².